The van der Waals surface area contributed by atoms with Crippen molar-refractivity contribution in [2.24, 2.45) is 5.92 Å². The summed E-state index contributed by atoms with van der Waals surface area (Å²) in [5.74, 6) is 0.331. The van der Waals surface area contributed by atoms with Crippen molar-refractivity contribution < 1.29 is 14.0 Å². The molecule has 1 saturated carbocycles. The number of hydrogen-bond acceptors (Lipinski definition) is 2. The van der Waals surface area contributed by atoms with E-state index in [0.29, 0.717) is 11.5 Å². The molecule has 0 N–H and O–H groups in total. The normalized spacial score (nSPS) is 18.9. The van der Waals surface area contributed by atoms with Gasteiger partial charge in [0.15, 0.2) is 0 Å². The monoisotopic (exact) mass is 458 g/mol. The SMILES string of the molecule is CCCCCCCCCCCCCC[N+](C)(C)C[C@@H]1CCCC[C@H]1OC(=O)c1ccccc1. The van der Waals surface area contributed by atoms with E-state index in [2.05, 4.69) is 21.0 Å². The highest BCUT2D eigenvalue weighted by Crippen LogP contribution is 2.29. The third-order valence-corrected chi connectivity index (χ3v) is 7.45. The lowest BCUT2D eigenvalue weighted by Gasteiger charge is -2.38. The molecule has 0 aliphatic heterocycles. The highest BCUT2D eigenvalue weighted by Gasteiger charge is 2.33. The third kappa shape index (κ3) is 12.1. The van der Waals surface area contributed by atoms with Crippen LogP contribution in [0.4, 0.5) is 0 Å². The lowest BCUT2D eigenvalue weighted by Crippen LogP contribution is -2.48. The highest BCUT2D eigenvalue weighted by atomic mass is 16.5. The largest absolute Gasteiger partial charge is 0.458 e. The minimum Gasteiger partial charge on any atom is -0.458 e. The Hall–Kier alpha value is -1.35. The summed E-state index contributed by atoms with van der Waals surface area (Å²) in [6.45, 7) is 4.63. The quantitative estimate of drug-likeness (QED) is 0.134. The molecule has 0 unspecified atom stereocenters. The van der Waals surface area contributed by atoms with E-state index < -0.39 is 0 Å². The number of quaternary nitrogens is 1. The molecule has 2 rings (SSSR count). The first-order valence-corrected chi connectivity index (χ1v) is 14.1. The summed E-state index contributed by atoms with van der Waals surface area (Å²) in [4.78, 5) is 12.6. The maximum absolute atomic E-state index is 12.6. The van der Waals surface area contributed by atoms with Crippen LogP contribution in [0.15, 0.2) is 30.3 Å². The minimum atomic E-state index is -0.154. The number of carbonyl (C=O) groups excluding carboxylic acids is 1. The van der Waals surface area contributed by atoms with Gasteiger partial charge in [0.25, 0.3) is 0 Å². The Morgan fingerprint density at radius 3 is 1.97 bits per heavy atom. The fourth-order valence-corrected chi connectivity index (χ4v) is 5.42. The van der Waals surface area contributed by atoms with Crippen molar-refractivity contribution in [2.45, 2.75) is 116 Å². The minimum absolute atomic E-state index is 0.0748. The van der Waals surface area contributed by atoms with Crippen LogP contribution in [0.25, 0.3) is 0 Å². The van der Waals surface area contributed by atoms with Crippen molar-refractivity contribution >= 4 is 5.97 Å². The summed E-state index contributed by atoms with van der Waals surface area (Å²) in [6, 6.07) is 9.46. The molecular weight excluding hydrogens is 406 g/mol. The van der Waals surface area contributed by atoms with Gasteiger partial charge < -0.3 is 9.22 Å². The summed E-state index contributed by atoms with van der Waals surface area (Å²) in [5, 5.41) is 0. The molecule has 3 heteroatoms. The average molecular weight is 459 g/mol. The maximum atomic E-state index is 12.6. The van der Waals surface area contributed by atoms with E-state index in [1.165, 1.54) is 103 Å². The van der Waals surface area contributed by atoms with E-state index in [4.69, 9.17) is 4.74 Å². The number of esters is 1. The molecule has 0 bridgehead atoms. The third-order valence-electron chi connectivity index (χ3n) is 7.45. The zero-order valence-corrected chi connectivity index (χ0v) is 22.0. The van der Waals surface area contributed by atoms with Crippen LogP contribution in [-0.2, 0) is 4.74 Å². The molecule has 1 aliphatic rings. The molecule has 1 aromatic rings. The van der Waals surface area contributed by atoms with Gasteiger partial charge in [0.1, 0.15) is 6.10 Å². The molecule has 0 amide bonds. The Morgan fingerprint density at radius 2 is 1.36 bits per heavy atom. The van der Waals surface area contributed by atoms with E-state index in [0.717, 1.165) is 17.4 Å². The second-order valence-corrected chi connectivity index (χ2v) is 11.1. The van der Waals surface area contributed by atoms with Crippen molar-refractivity contribution in [1.29, 1.82) is 0 Å². The zero-order valence-electron chi connectivity index (χ0n) is 22.0. The first kappa shape index (κ1) is 27.9. The van der Waals surface area contributed by atoms with Gasteiger partial charge in [-0.2, -0.15) is 0 Å². The molecule has 0 aromatic heterocycles. The van der Waals surface area contributed by atoms with Crippen LogP contribution in [0.5, 0.6) is 0 Å². The fraction of sp³-hybridized carbons (Fsp3) is 0.767. The first-order valence-electron chi connectivity index (χ1n) is 14.1. The van der Waals surface area contributed by atoms with Gasteiger partial charge >= 0.3 is 5.97 Å². The lowest BCUT2D eigenvalue weighted by molar-refractivity contribution is -0.894. The standard InChI is InChI=1S/C30H52NO2/c1-4-5-6-7-8-9-10-11-12-13-14-20-25-31(2,3)26-28-23-18-19-24-29(28)33-30(32)27-21-16-15-17-22-27/h15-17,21-22,28-29H,4-14,18-20,23-26H2,1-3H3/q+1/t28-,29+/m0/s1. The zero-order chi connectivity index (χ0) is 23.8. The molecule has 188 valence electrons. The highest BCUT2D eigenvalue weighted by molar-refractivity contribution is 5.89. The van der Waals surface area contributed by atoms with Crippen molar-refractivity contribution in [3.63, 3.8) is 0 Å². The van der Waals surface area contributed by atoms with Gasteiger partial charge in [-0.1, -0.05) is 95.8 Å². The molecule has 1 aromatic carbocycles. The summed E-state index contributed by atoms with van der Waals surface area (Å²) >= 11 is 0. The Morgan fingerprint density at radius 1 is 0.818 bits per heavy atom. The Balaban J connectivity index is 1.60. The number of hydrogen-bond donors (Lipinski definition) is 0. The molecule has 33 heavy (non-hydrogen) atoms. The van der Waals surface area contributed by atoms with E-state index in [1.54, 1.807) is 0 Å². The van der Waals surface area contributed by atoms with Crippen molar-refractivity contribution in [1.82, 2.24) is 0 Å². The van der Waals surface area contributed by atoms with Crippen LogP contribution in [0.3, 0.4) is 0 Å². The Bertz CT molecular complexity index is 627. The topological polar surface area (TPSA) is 26.3 Å². The van der Waals surface area contributed by atoms with Gasteiger partial charge in [-0.25, -0.2) is 4.79 Å². The van der Waals surface area contributed by atoms with Gasteiger partial charge in [-0.15, -0.1) is 0 Å². The predicted molar refractivity (Wildman–Crippen MR) is 141 cm³/mol. The smallest absolute Gasteiger partial charge is 0.338 e. The van der Waals surface area contributed by atoms with E-state index in [-0.39, 0.29) is 12.1 Å². The molecule has 0 radical (unpaired) electrons. The number of benzene rings is 1. The molecule has 1 aliphatic carbocycles. The van der Waals surface area contributed by atoms with Gasteiger partial charge in [-0.05, 0) is 44.2 Å². The van der Waals surface area contributed by atoms with E-state index in [9.17, 15) is 4.79 Å². The number of ether oxygens (including phenoxy) is 1. The van der Waals surface area contributed by atoms with Crippen LogP contribution < -0.4 is 0 Å². The summed E-state index contributed by atoms with van der Waals surface area (Å²) in [5.41, 5.74) is 0.673. The molecule has 0 saturated heterocycles. The maximum Gasteiger partial charge on any atom is 0.338 e. The Kier molecular flexibility index (Phi) is 13.8. The first-order chi connectivity index (χ1) is 16.0. The van der Waals surface area contributed by atoms with E-state index >= 15 is 0 Å². The van der Waals surface area contributed by atoms with Crippen LogP contribution in [0.1, 0.15) is 120 Å². The molecular formula is C30H52NO2+. The lowest BCUT2D eigenvalue weighted by atomic mass is 9.85. The summed E-state index contributed by atoms with van der Waals surface area (Å²) in [6.07, 6.45) is 21.5. The Labute approximate surface area is 204 Å². The van der Waals surface area contributed by atoms with Gasteiger partial charge in [0.05, 0.1) is 32.7 Å². The number of unbranched alkanes of at least 4 members (excludes halogenated alkanes) is 11. The van der Waals surface area contributed by atoms with Gasteiger partial charge in [-0.3, -0.25) is 0 Å². The van der Waals surface area contributed by atoms with Crippen molar-refractivity contribution in [3.05, 3.63) is 35.9 Å². The number of rotatable bonds is 17. The average Bonchev–Trinajstić information content (AvgIpc) is 2.81. The summed E-state index contributed by atoms with van der Waals surface area (Å²) in [7, 11) is 4.73. The van der Waals surface area contributed by atoms with Crippen LogP contribution in [0, 0.1) is 5.92 Å². The molecule has 0 heterocycles. The van der Waals surface area contributed by atoms with Gasteiger partial charge in [0, 0.05) is 5.92 Å². The second kappa shape index (κ2) is 16.3. The van der Waals surface area contributed by atoms with Crippen molar-refractivity contribution in [2.75, 3.05) is 27.2 Å². The molecule has 0 spiro atoms. The second-order valence-electron chi connectivity index (χ2n) is 11.1. The number of nitrogens with zero attached hydrogens (tertiary/aromatic N) is 1. The summed E-state index contributed by atoms with van der Waals surface area (Å²) < 4.78 is 7.05. The van der Waals surface area contributed by atoms with E-state index in [1.807, 2.05) is 30.3 Å². The van der Waals surface area contributed by atoms with Crippen LogP contribution >= 0.6 is 0 Å². The molecule has 1 fully saturated rings. The van der Waals surface area contributed by atoms with Crippen LogP contribution in [0.2, 0.25) is 0 Å². The fourth-order valence-electron chi connectivity index (χ4n) is 5.42. The van der Waals surface area contributed by atoms with Crippen LogP contribution in [-0.4, -0.2) is 43.7 Å². The van der Waals surface area contributed by atoms with Crippen molar-refractivity contribution in [3.8, 4) is 0 Å². The predicted octanol–water partition coefficient (Wildman–Crippen LogP) is 8.18. The molecule has 3 nitrogen and oxygen atoms in total. The molecule has 2 atom stereocenters. The van der Waals surface area contributed by atoms with Gasteiger partial charge in [0.2, 0.25) is 0 Å². The number of carbonyl (C=O) groups is 1.